The second-order valence-corrected chi connectivity index (χ2v) is 5.33. The highest BCUT2D eigenvalue weighted by molar-refractivity contribution is 6.34. The molecular formula is C12H15Cl2NO. The van der Waals surface area contributed by atoms with Crippen LogP contribution in [0.25, 0.3) is 0 Å². The van der Waals surface area contributed by atoms with Gasteiger partial charge in [0.05, 0.1) is 5.60 Å². The maximum atomic E-state index is 9.88. The molecule has 2 N–H and O–H groups in total. The van der Waals surface area contributed by atoms with Gasteiger partial charge in [0.15, 0.2) is 0 Å². The van der Waals surface area contributed by atoms with E-state index in [4.69, 9.17) is 23.2 Å². The lowest BCUT2D eigenvalue weighted by molar-refractivity contribution is -0.0314. The van der Waals surface area contributed by atoms with Crippen molar-refractivity contribution in [1.82, 2.24) is 5.32 Å². The molecule has 88 valence electrons. The van der Waals surface area contributed by atoms with Crippen LogP contribution >= 0.6 is 23.2 Å². The lowest BCUT2D eigenvalue weighted by Gasteiger charge is -2.36. The Morgan fingerprint density at radius 3 is 2.31 bits per heavy atom. The van der Waals surface area contributed by atoms with E-state index < -0.39 is 5.60 Å². The Balaban J connectivity index is 1.84. The molecule has 0 bridgehead atoms. The molecule has 4 heteroatoms. The van der Waals surface area contributed by atoms with Crippen LogP contribution in [-0.2, 0) is 6.54 Å². The first kappa shape index (κ1) is 12.2. The Kier molecular flexibility index (Phi) is 3.75. The molecule has 0 saturated heterocycles. The predicted molar refractivity (Wildman–Crippen MR) is 67.0 cm³/mol. The molecule has 2 rings (SSSR count). The Morgan fingerprint density at radius 2 is 1.81 bits per heavy atom. The van der Waals surface area contributed by atoms with Gasteiger partial charge in [0.25, 0.3) is 0 Å². The van der Waals surface area contributed by atoms with Crippen LogP contribution in [0.2, 0.25) is 10.0 Å². The van der Waals surface area contributed by atoms with E-state index in [9.17, 15) is 5.11 Å². The quantitative estimate of drug-likeness (QED) is 0.872. The highest BCUT2D eigenvalue weighted by atomic mass is 35.5. The van der Waals surface area contributed by atoms with Crippen molar-refractivity contribution in [1.29, 1.82) is 0 Å². The monoisotopic (exact) mass is 259 g/mol. The minimum atomic E-state index is -0.484. The zero-order chi connectivity index (χ0) is 11.6. The summed E-state index contributed by atoms with van der Waals surface area (Å²) in [6.45, 7) is 1.32. The summed E-state index contributed by atoms with van der Waals surface area (Å²) < 4.78 is 0. The summed E-state index contributed by atoms with van der Waals surface area (Å²) in [5.74, 6) is 0. The molecule has 0 atom stereocenters. The fourth-order valence-corrected chi connectivity index (χ4v) is 2.49. The first-order chi connectivity index (χ1) is 7.57. The van der Waals surface area contributed by atoms with Gasteiger partial charge in [-0.25, -0.2) is 0 Å². The molecule has 16 heavy (non-hydrogen) atoms. The van der Waals surface area contributed by atoms with Gasteiger partial charge in [0.1, 0.15) is 0 Å². The number of aliphatic hydroxyl groups is 1. The van der Waals surface area contributed by atoms with Crippen LogP contribution in [0.5, 0.6) is 0 Å². The summed E-state index contributed by atoms with van der Waals surface area (Å²) in [7, 11) is 0. The van der Waals surface area contributed by atoms with Crippen LogP contribution in [-0.4, -0.2) is 17.3 Å². The molecule has 1 fully saturated rings. The number of halogens is 2. The molecular weight excluding hydrogens is 245 g/mol. The molecule has 1 aromatic carbocycles. The lowest BCUT2D eigenvalue weighted by atomic mass is 9.80. The normalized spacial score (nSPS) is 18.2. The van der Waals surface area contributed by atoms with Gasteiger partial charge in [-0.05, 0) is 43.0 Å². The molecule has 1 aliphatic carbocycles. The van der Waals surface area contributed by atoms with Crippen molar-refractivity contribution in [3.05, 3.63) is 33.8 Å². The van der Waals surface area contributed by atoms with E-state index in [0.717, 1.165) is 24.8 Å². The molecule has 0 heterocycles. The molecule has 0 amide bonds. The van der Waals surface area contributed by atoms with Crippen LogP contribution in [0.4, 0.5) is 0 Å². The molecule has 1 saturated carbocycles. The van der Waals surface area contributed by atoms with Gasteiger partial charge < -0.3 is 10.4 Å². The Labute approximate surface area is 106 Å². The number of benzene rings is 1. The van der Waals surface area contributed by atoms with Gasteiger partial charge in [-0.15, -0.1) is 0 Å². The third-order valence-corrected chi connectivity index (χ3v) is 3.43. The first-order valence-corrected chi connectivity index (χ1v) is 6.21. The number of rotatable bonds is 4. The predicted octanol–water partition coefficient (Wildman–Crippen LogP) is 3.00. The zero-order valence-electron chi connectivity index (χ0n) is 8.97. The highest BCUT2D eigenvalue weighted by Crippen LogP contribution is 2.30. The fourth-order valence-electron chi connectivity index (χ4n) is 1.91. The number of hydrogen-bond donors (Lipinski definition) is 2. The minimum Gasteiger partial charge on any atom is -0.389 e. The average molecular weight is 260 g/mol. The van der Waals surface area contributed by atoms with Crippen molar-refractivity contribution in [3.63, 3.8) is 0 Å². The Bertz CT molecular complexity index is 357. The maximum Gasteiger partial charge on any atom is 0.0771 e. The van der Waals surface area contributed by atoms with E-state index >= 15 is 0 Å². The third-order valence-electron chi connectivity index (χ3n) is 2.99. The maximum absolute atomic E-state index is 9.88. The van der Waals surface area contributed by atoms with Gasteiger partial charge >= 0.3 is 0 Å². The van der Waals surface area contributed by atoms with E-state index in [0.29, 0.717) is 23.1 Å². The van der Waals surface area contributed by atoms with Crippen LogP contribution in [0.3, 0.4) is 0 Å². The van der Waals surface area contributed by atoms with E-state index in [1.807, 2.05) is 12.1 Å². The molecule has 0 spiro atoms. The molecule has 0 aliphatic heterocycles. The topological polar surface area (TPSA) is 32.3 Å². The van der Waals surface area contributed by atoms with E-state index in [-0.39, 0.29) is 0 Å². The summed E-state index contributed by atoms with van der Waals surface area (Å²) >= 11 is 11.8. The van der Waals surface area contributed by atoms with Crippen molar-refractivity contribution >= 4 is 23.2 Å². The van der Waals surface area contributed by atoms with Crippen LogP contribution < -0.4 is 5.32 Å². The molecule has 1 aliphatic rings. The smallest absolute Gasteiger partial charge is 0.0771 e. The largest absolute Gasteiger partial charge is 0.389 e. The van der Waals surface area contributed by atoms with Crippen molar-refractivity contribution in [2.45, 2.75) is 31.4 Å². The van der Waals surface area contributed by atoms with E-state index in [1.165, 1.54) is 0 Å². The van der Waals surface area contributed by atoms with E-state index in [1.54, 1.807) is 6.07 Å². The minimum absolute atomic E-state index is 0.484. The van der Waals surface area contributed by atoms with Gasteiger partial charge in [-0.3, -0.25) is 0 Å². The fraction of sp³-hybridized carbons (Fsp3) is 0.500. The van der Waals surface area contributed by atoms with Gasteiger partial charge in [-0.2, -0.15) is 0 Å². The summed E-state index contributed by atoms with van der Waals surface area (Å²) in [6, 6.07) is 5.47. The molecule has 1 aromatic rings. The molecule has 2 nitrogen and oxygen atoms in total. The zero-order valence-corrected chi connectivity index (χ0v) is 10.5. The SMILES string of the molecule is OC1(CNCc2cc(Cl)cc(Cl)c2)CCC1. The molecule has 0 unspecified atom stereocenters. The van der Waals surface area contributed by atoms with Gasteiger partial charge in [-0.1, -0.05) is 23.2 Å². The summed E-state index contributed by atoms with van der Waals surface area (Å²) in [6.07, 6.45) is 2.92. The van der Waals surface area contributed by atoms with Crippen molar-refractivity contribution in [2.75, 3.05) is 6.54 Å². The summed E-state index contributed by atoms with van der Waals surface area (Å²) in [4.78, 5) is 0. The summed E-state index contributed by atoms with van der Waals surface area (Å²) in [5, 5.41) is 14.4. The standard InChI is InChI=1S/C12H15Cl2NO/c13-10-4-9(5-11(14)6-10)7-15-8-12(16)2-1-3-12/h4-6,15-16H,1-3,7-8H2. The van der Waals surface area contributed by atoms with Crippen LogP contribution in [0.15, 0.2) is 18.2 Å². The lowest BCUT2D eigenvalue weighted by Crippen LogP contribution is -2.45. The van der Waals surface area contributed by atoms with Crippen LogP contribution in [0, 0.1) is 0 Å². The first-order valence-electron chi connectivity index (χ1n) is 5.45. The van der Waals surface area contributed by atoms with Crippen molar-refractivity contribution in [2.24, 2.45) is 0 Å². The van der Waals surface area contributed by atoms with Crippen molar-refractivity contribution in [3.8, 4) is 0 Å². The average Bonchev–Trinajstić information content (AvgIpc) is 2.13. The Morgan fingerprint density at radius 1 is 1.19 bits per heavy atom. The Hall–Kier alpha value is -0.280. The van der Waals surface area contributed by atoms with E-state index in [2.05, 4.69) is 5.32 Å². The highest BCUT2D eigenvalue weighted by Gasteiger charge is 2.33. The van der Waals surface area contributed by atoms with Gasteiger partial charge in [0, 0.05) is 23.1 Å². The van der Waals surface area contributed by atoms with Gasteiger partial charge in [0.2, 0.25) is 0 Å². The molecule has 0 aromatic heterocycles. The van der Waals surface area contributed by atoms with Crippen molar-refractivity contribution < 1.29 is 5.11 Å². The summed E-state index contributed by atoms with van der Waals surface area (Å²) in [5.41, 5.74) is 0.558. The third kappa shape index (κ3) is 3.11. The number of hydrogen-bond acceptors (Lipinski definition) is 2. The molecule has 0 radical (unpaired) electrons. The second kappa shape index (κ2) is 4.92. The van der Waals surface area contributed by atoms with Crippen LogP contribution in [0.1, 0.15) is 24.8 Å². The number of nitrogens with one attached hydrogen (secondary N) is 1. The second-order valence-electron chi connectivity index (χ2n) is 4.46.